The van der Waals surface area contributed by atoms with Gasteiger partial charge in [-0.05, 0) is 26.8 Å². The first kappa shape index (κ1) is 13.1. The van der Waals surface area contributed by atoms with E-state index in [0.29, 0.717) is 4.90 Å². The molecule has 4 heteroatoms. The number of hydrogen-bond donors (Lipinski definition) is 0. The monoisotopic (exact) mass is 280 g/mol. The van der Waals surface area contributed by atoms with Crippen LogP contribution >= 0.6 is 0 Å². The third-order valence-electron chi connectivity index (χ3n) is 5.40. The van der Waals surface area contributed by atoms with Crippen LogP contribution in [-0.2, 0) is 20.2 Å². The van der Waals surface area contributed by atoms with Gasteiger partial charge in [-0.2, -0.15) is 0 Å². The highest BCUT2D eigenvalue weighted by atomic mass is 32.2. The normalized spacial score (nSPS) is 36.8. The van der Waals surface area contributed by atoms with Crippen molar-refractivity contribution >= 4 is 9.84 Å². The summed E-state index contributed by atoms with van der Waals surface area (Å²) in [6.07, 6.45) is -0.0616. The molecular formula is C15H20O3S. The van der Waals surface area contributed by atoms with Crippen molar-refractivity contribution in [3.05, 3.63) is 29.8 Å². The van der Waals surface area contributed by atoms with Crippen LogP contribution in [0.5, 0.6) is 0 Å². The van der Waals surface area contributed by atoms with Crippen LogP contribution in [0.25, 0.3) is 0 Å². The molecule has 3 rings (SSSR count). The fourth-order valence-electron chi connectivity index (χ4n) is 3.30. The lowest BCUT2D eigenvalue weighted by Crippen LogP contribution is -2.48. The quantitative estimate of drug-likeness (QED) is 0.686. The molecule has 3 nitrogen and oxygen atoms in total. The average molecular weight is 280 g/mol. The lowest BCUT2D eigenvalue weighted by atomic mass is 9.73. The minimum absolute atomic E-state index is 0.0616. The van der Waals surface area contributed by atoms with Gasteiger partial charge in [-0.1, -0.05) is 32.0 Å². The topological polar surface area (TPSA) is 46.7 Å². The van der Waals surface area contributed by atoms with Gasteiger partial charge < -0.3 is 4.74 Å². The molecular weight excluding hydrogens is 260 g/mol. The Balaban J connectivity index is 2.41. The van der Waals surface area contributed by atoms with Crippen LogP contribution in [0, 0.1) is 5.41 Å². The number of benzene rings is 1. The Kier molecular flexibility index (Phi) is 2.23. The average Bonchev–Trinajstić information content (AvgIpc) is 3.03. The second-order valence-corrected chi connectivity index (χ2v) is 9.30. The van der Waals surface area contributed by atoms with Crippen LogP contribution in [0.4, 0.5) is 0 Å². The molecule has 2 aliphatic rings. The standard InChI is InChI=1S/C15H20O3S/c1-13(2)12-15(5,18-12)10-8-6-7-9-11(10)19(16,17)14(13,3)4/h6-9,12H,1-5H3. The maximum atomic E-state index is 13.0. The van der Waals surface area contributed by atoms with E-state index in [-0.39, 0.29) is 6.10 Å². The number of rotatable bonds is 0. The van der Waals surface area contributed by atoms with Gasteiger partial charge in [-0.3, -0.25) is 0 Å². The Bertz CT molecular complexity index is 658. The number of epoxide rings is 1. The highest BCUT2D eigenvalue weighted by molar-refractivity contribution is 7.93. The summed E-state index contributed by atoms with van der Waals surface area (Å²) in [4.78, 5) is 0.426. The fraction of sp³-hybridized carbons (Fsp3) is 0.600. The highest BCUT2D eigenvalue weighted by Gasteiger charge is 2.70. The molecule has 2 unspecified atom stereocenters. The van der Waals surface area contributed by atoms with Gasteiger partial charge in [0.15, 0.2) is 9.84 Å². The Morgan fingerprint density at radius 2 is 1.63 bits per heavy atom. The first-order valence-electron chi connectivity index (χ1n) is 6.59. The molecule has 2 atom stereocenters. The second kappa shape index (κ2) is 3.23. The van der Waals surface area contributed by atoms with Crippen molar-refractivity contribution in [2.24, 2.45) is 5.41 Å². The van der Waals surface area contributed by atoms with E-state index in [1.165, 1.54) is 0 Å². The van der Waals surface area contributed by atoms with Gasteiger partial charge in [-0.25, -0.2) is 8.42 Å². The van der Waals surface area contributed by atoms with Crippen molar-refractivity contribution in [2.75, 3.05) is 0 Å². The minimum Gasteiger partial charge on any atom is -0.361 e. The van der Waals surface area contributed by atoms with Crippen LogP contribution in [-0.4, -0.2) is 19.3 Å². The number of ether oxygens (including phenoxy) is 1. The van der Waals surface area contributed by atoms with Crippen molar-refractivity contribution in [1.82, 2.24) is 0 Å². The van der Waals surface area contributed by atoms with Gasteiger partial charge in [0.25, 0.3) is 0 Å². The van der Waals surface area contributed by atoms with E-state index in [2.05, 4.69) is 0 Å². The predicted octanol–water partition coefficient (Wildman–Crippen LogP) is 2.89. The SMILES string of the molecule is CC12OC1C(C)(C)C(C)(C)S(=O)(=O)c1ccccc12. The largest absolute Gasteiger partial charge is 0.361 e. The van der Waals surface area contributed by atoms with Crippen LogP contribution in [0.3, 0.4) is 0 Å². The zero-order valence-electron chi connectivity index (χ0n) is 12.0. The van der Waals surface area contributed by atoms with Gasteiger partial charge >= 0.3 is 0 Å². The summed E-state index contributed by atoms with van der Waals surface area (Å²) >= 11 is 0. The van der Waals surface area contributed by atoms with Gasteiger partial charge in [-0.15, -0.1) is 0 Å². The molecule has 104 valence electrons. The van der Waals surface area contributed by atoms with E-state index in [0.717, 1.165) is 5.56 Å². The van der Waals surface area contributed by atoms with E-state index in [1.807, 2.05) is 46.8 Å². The lowest BCUT2D eigenvalue weighted by Gasteiger charge is -2.39. The molecule has 1 fully saturated rings. The van der Waals surface area contributed by atoms with Gasteiger partial charge in [0, 0.05) is 11.0 Å². The summed E-state index contributed by atoms with van der Waals surface area (Å²) < 4.78 is 31.1. The van der Waals surface area contributed by atoms with Crippen molar-refractivity contribution < 1.29 is 13.2 Å². The summed E-state index contributed by atoms with van der Waals surface area (Å²) in [6, 6.07) is 7.25. The zero-order chi connectivity index (χ0) is 14.3. The first-order chi connectivity index (χ1) is 8.57. The smallest absolute Gasteiger partial charge is 0.184 e. The Morgan fingerprint density at radius 1 is 1.05 bits per heavy atom. The van der Waals surface area contributed by atoms with E-state index < -0.39 is 25.6 Å². The first-order valence-corrected chi connectivity index (χ1v) is 8.07. The summed E-state index contributed by atoms with van der Waals surface area (Å²) in [6.45, 7) is 9.60. The van der Waals surface area contributed by atoms with Crippen LogP contribution in [0.1, 0.15) is 40.2 Å². The van der Waals surface area contributed by atoms with Gasteiger partial charge in [0.05, 0.1) is 15.7 Å². The van der Waals surface area contributed by atoms with Crippen LogP contribution < -0.4 is 0 Å². The third-order valence-corrected chi connectivity index (χ3v) is 8.20. The van der Waals surface area contributed by atoms with E-state index in [4.69, 9.17) is 4.74 Å². The molecule has 0 aromatic heterocycles. The van der Waals surface area contributed by atoms with Gasteiger partial charge in [0.1, 0.15) is 5.60 Å². The molecule has 1 aromatic carbocycles. The van der Waals surface area contributed by atoms with E-state index in [9.17, 15) is 8.42 Å². The van der Waals surface area contributed by atoms with Crippen LogP contribution in [0.2, 0.25) is 0 Å². The molecule has 1 saturated heterocycles. The van der Waals surface area contributed by atoms with Crippen molar-refractivity contribution in [1.29, 1.82) is 0 Å². The molecule has 0 amide bonds. The molecule has 1 aromatic rings. The molecule has 0 N–H and O–H groups in total. The summed E-state index contributed by atoms with van der Waals surface area (Å²) in [7, 11) is -3.39. The summed E-state index contributed by atoms with van der Waals surface area (Å²) in [5.74, 6) is 0. The van der Waals surface area contributed by atoms with Crippen LogP contribution in [0.15, 0.2) is 29.2 Å². The molecule has 2 heterocycles. The van der Waals surface area contributed by atoms with Crippen molar-refractivity contribution in [3.63, 3.8) is 0 Å². The zero-order valence-corrected chi connectivity index (χ0v) is 12.8. The molecule has 0 radical (unpaired) electrons. The number of sulfone groups is 1. The molecule has 0 bridgehead atoms. The Hall–Kier alpha value is -0.870. The summed E-state index contributed by atoms with van der Waals surface area (Å²) in [5, 5.41) is 0. The molecule has 2 aliphatic heterocycles. The highest BCUT2D eigenvalue weighted by Crippen LogP contribution is 2.63. The molecule has 19 heavy (non-hydrogen) atoms. The maximum absolute atomic E-state index is 13.0. The van der Waals surface area contributed by atoms with Gasteiger partial charge in [0.2, 0.25) is 0 Å². The number of hydrogen-bond acceptors (Lipinski definition) is 3. The molecule has 0 spiro atoms. The predicted molar refractivity (Wildman–Crippen MR) is 73.7 cm³/mol. The van der Waals surface area contributed by atoms with E-state index >= 15 is 0 Å². The molecule has 0 saturated carbocycles. The Morgan fingerprint density at radius 3 is 2.26 bits per heavy atom. The maximum Gasteiger partial charge on any atom is 0.184 e. The lowest BCUT2D eigenvalue weighted by molar-refractivity contribution is 0.185. The fourth-order valence-corrected chi connectivity index (χ4v) is 5.47. The second-order valence-electron chi connectivity index (χ2n) is 6.84. The Labute approximate surface area is 114 Å². The summed E-state index contributed by atoms with van der Waals surface area (Å²) in [5.41, 5.74) is -0.112. The molecule has 0 aliphatic carbocycles. The number of fused-ring (bicyclic) bond motifs is 3. The van der Waals surface area contributed by atoms with E-state index in [1.54, 1.807) is 12.1 Å². The third kappa shape index (κ3) is 1.29. The minimum atomic E-state index is -3.39. The van der Waals surface area contributed by atoms with Crippen molar-refractivity contribution in [3.8, 4) is 0 Å². The van der Waals surface area contributed by atoms with Crippen molar-refractivity contribution in [2.45, 2.75) is 56.0 Å².